The number of amides is 1. The summed E-state index contributed by atoms with van der Waals surface area (Å²) in [5.41, 5.74) is 0.839. The Morgan fingerprint density at radius 2 is 1.32 bits per heavy atom. The summed E-state index contributed by atoms with van der Waals surface area (Å²) in [7, 11) is 2.94. The zero-order valence-corrected chi connectivity index (χ0v) is 19.1. The van der Waals surface area contributed by atoms with Crippen LogP contribution in [0.4, 0.5) is 5.69 Å². The summed E-state index contributed by atoms with van der Waals surface area (Å²) in [6.07, 6.45) is -0.191. The molecule has 0 radical (unpaired) electrons. The molecule has 0 saturated heterocycles. The SMILES string of the molecule is COCOc1ccc(NC(=O)C(=O)Cc2ccc(OCCO)c(OCCO)c2)cc1OCOC. The molecule has 0 unspecified atom stereocenters. The second-order valence-corrected chi connectivity index (χ2v) is 6.74. The Morgan fingerprint density at radius 1 is 0.765 bits per heavy atom. The molecule has 0 bridgehead atoms. The van der Waals surface area contributed by atoms with Crippen LogP contribution in [0.25, 0.3) is 0 Å². The molecule has 0 atom stereocenters. The van der Waals surface area contributed by atoms with E-state index in [0.29, 0.717) is 34.2 Å². The summed E-state index contributed by atoms with van der Waals surface area (Å²) in [5.74, 6) is -0.185. The zero-order chi connectivity index (χ0) is 24.8. The van der Waals surface area contributed by atoms with Gasteiger partial charge in [-0.2, -0.15) is 0 Å². The van der Waals surface area contributed by atoms with Gasteiger partial charge in [0.15, 0.2) is 36.6 Å². The van der Waals surface area contributed by atoms with Crippen molar-refractivity contribution in [3.8, 4) is 23.0 Å². The first kappa shape index (κ1) is 26.9. The van der Waals surface area contributed by atoms with Crippen molar-refractivity contribution in [2.75, 3.05) is 59.5 Å². The molecule has 0 saturated carbocycles. The summed E-state index contributed by atoms with van der Waals surface area (Å²) < 4.78 is 31.5. The molecule has 11 heteroatoms. The van der Waals surface area contributed by atoms with E-state index >= 15 is 0 Å². The van der Waals surface area contributed by atoms with Gasteiger partial charge in [-0.15, -0.1) is 0 Å². The number of hydrogen-bond donors (Lipinski definition) is 3. The van der Waals surface area contributed by atoms with Crippen molar-refractivity contribution in [3.63, 3.8) is 0 Å². The van der Waals surface area contributed by atoms with Gasteiger partial charge in [-0.1, -0.05) is 6.07 Å². The predicted molar refractivity (Wildman–Crippen MR) is 120 cm³/mol. The lowest BCUT2D eigenvalue weighted by Gasteiger charge is -2.14. The lowest BCUT2D eigenvalue weighted by Crippen LogP contribution is -2.24. The topological polar surface area (TPSA) is 142 Å². The van der Waals surface area contributed by atoms with Gasteiger partial charge in [0.05, 0.1) is 13.2 Å². The van der Waals surface area contributed by atoms with Crippen LogP contribution in [0.1, 0.15) is 5.56 Å². The minimum Gasteiger partial charge on any atom is -0.487 e. The third-order valence-corrected chi connectivity index (χ3v) is 4.19. The van der Waals surface area contributed by atoms with E-state index in [1.807, 2.05) is 0 Å². The van der Waals surface area contributed by atoms with Crippen LogP contribution >= 0.6 is 0 Å². The molecule has 0 aliphatic rings. The highest BCUT2D eigenvalue weighted by Gasteiger charge is 2.17. The van der Waals surface area contributed by atoms with Gasteiger partial charge in [0.1, 0.15) is 13.2 Å². The van der Waals surface area contributed by atoms with Crippen LogP contribution in [0.2, 0.25) is 0 Å². The maximum atomic E-state index is 12.5. The molecule has 0 aliphatic carbocycles. The number of ketones is 1. The number of benzene rings is 2. The fourth-order valence-electron chi connectivity index (χ4n) is 2.73. The van der Waals surface area contributed by atoms with E-state index in [9.17, 15) is 9.59 Å². The smallest absolute Gasteiger partial charge is 0.292 e. The fraction of sp³-hybridized carbons (Fsp3) is 0.391. The molecule has 34 heavy (non-hydrogen) atoms. The first-order chi connectivity index (χ1) is 16.5. The molecular weight excluding hydrogens is 450 g/mol. The second kappa shape index (κ2) is 14.7. The first-order valence-corrected chi connectivity index (χ1v) is 10.3. The van der Waals surface area contributed by atoms with E-state index in [-0.39, 0.29) is 46.4 Å². The van der Waals surface area contributed by atoms with Crippen LogP contribution in [0.5, 0.6) is 23.0 Å². The standard InChI is InChI=1S/C23H29NO10/c1-29-14-33-20-6-4-17(13-22(20)34-15-30-2)24-23(28)18(27)11-16-3-5-19(31-9-7-25)21(12-16)32-10-8-26/h3-6,12-13,25-26H,7-11,14-15H2,1-2H3,(H,24,28). The van der Waals surface area contributed by atoms with Crippen molar-refractivity contribution in [3.05, 3.63) is 42.0 Å². The summed E-state index contributed by atoms with van der Waals surface area (Å²) in [5, 5.41) is 20.5. The minimum absolute atomic E-state index is 0.00136. The predicted octanol–water partition coefficient (Wildman–Crippen LogP) is 1.14. The molecule has 1 amide bonds. The normalized spacial score (nSPS) is 10.5. The number of ether oxygens (including phenoxy) is 6. The highest BCUT2D eigenvalue weighted by Crippen LogP contribution is 2.31. The molecule has 2 rings (SSSR count). The monoisotopic (exact) mass is 479 g/mol. The van der Waals surface area contributed by atoms with Gasteiger partial charge in [0.2, 0.25) is 5.78 Å². The Bertz CT molecular complexity index is 858. The Labute approximate surface area is 197 Å². The van der Waals surface area contributed by atoms with Crippen molar-refractivity contribution >= 4 is 17.4 Å². The van der Waals surface area contributed by atoms with E-state index in [0.717, 1.165) is 0 Å². The quantitative estimate of drug-likeness (QED) is 0.237. The number of Topliss-reactive ketones (excluding diaryl/α,β-unsaturated/α-hetero) is 1. The van der Waals surface area contributed by atoms with Gasteiger partial charge in [0, 0.05) is 32.4 Å². The van der Waals surface area contributed by atoms with Crippen molar-refractivity contribution in [1.82, 2.24) is 0 Å². The van der Waals surface area contributed by atoms with Gasteiger partial charge >= 0.3 is 0 Å². The number of aliphatic hydroxyl groups excluding tert-OH is 2. The first-order valence-electron chi connectivity index (χ1n) is 10.3. The molecule has 0 spiro atoms. The van der Waals surface area contributed by atoms with Gasteiger partial charge in [-0.05, 0) is 29.8 Å². The molecule has 186 valence electrons. The molecule has 2 aromatic carbocycles. The number of aliphatic hydroxyl groups is 2. The molecule has 0 aromatic heterocycles. The largest absolute Gasteiger partial charge is 0.487 e. The molecule has 11 nitrogen and oxygen atoms in total. The number of hydrogen-bond acceptors (Lipinski definition) is 10. The van der Waals surface area contributed by atoms with E-state index in [4.69, 9.17) is 38.6 Å². The Hall–Kier alpha value is -3.38. The van der Waals surface area contributed by atoms with Crippen molar-refractivity contribution < 1.29 is 48.2 Å². The van der Waals surface area contributed by atoms with Gasteiger partial charge in [-0.3, -0.25) is 9.59 Å². The Kier molecular flexibility index (Phi) is 11.6. The Morgan fingerprint density at radius 3 is 1.97 bits per heavy atom. The van der Waals surface area contributed by atoms with Crippen LogP contribution in [0.3, 0.4) is 0 Å². The van der Waals surface area contributed by atoms with Crippen LogP contribution in [0, 0.1) is 0 Å². The third kappa shape index (κ3) is 8.52. The van der Waals surface area contributed by atoms with Crippen LogP contribution in [-0.2, 0) is 25.5 Å². The van der Waals surface area contributed by atoms with Crippen molar-refractivity contribution in [2.45, 2.75) is 6.42 Å². The molecule has 2 aromatic rings. The average molecular weight is 479 g/mol. The second-order valence-electron chi connectivity index (χ2n) is 6.74. The number of rotatable bonds is 16. The number of carbonyl (C=O) groups is 2. The Balaban J connectivity index is 2.08. The van der Waals surface area contributed by atoms with Crippen LogP contribution in [-0.4, -0.2) is 76.1 Å². The van der Waals surface area contributed by atoms with Gasteiger partial charge < -0.3 is 44.0 Å². The van der Waals surface area contributed by atoms with E-state index in [1.165, 1.54) is 20.3 Å². The number of methoxy groups -OCH3 is 2. The highest BCUT2D eigenvalue weighted by molar-refractivity contribution is 6.41. The zero-order valence-electron chi connectivity index (χ0n) is 19.1. The lowest BCUT2D eigenvalue weighted by molar-refractivity contribution is -0.134. The average Bonchev–Trinajstić information content (AvgIpc) is 2.84. The molecule has 0 aliphatic heterocycles. The number of anilines is 1. The van der Waals surface area contributed by atoms with E-state index < -0.39 is 11.7 Å². The van der Waals surface area contributed by atoms with Crippen LogP contribution in [0.15, 0.2) is 36.4 Å². The number of nitrogens with one attached hydrogen (secondary N) is 1. The maximum Gasteiger partial charge on any atom is 0.292 e. The molecular formula is C23H29NO10. The van der Waals surface area contributed by atoms with Crippen LogP contribution < -0.4 is 24.3 Å². The molecule has 3 N–H and O–H groups in total. The highest BCUT2D eigenvalue weighted by atomic mass is 16.7. The van der Waals surface area contributed by atoms with E-state index in [1.54, 1.807) is 30.3 Å². The summed E-state index contributed by atoms with van der Waals surface area (Å²) in [6.45, 7) is -0.361. The summed E-state index contributed by atoms with van der Waals surface area (Å²) >= 11 is 0. The molecule has 0 fully saturated rings. The summed E-state index contributed by atoms with van der Waals surface area (Å²) in [6, 6.07) is 9.36. The maximum absolute atomic E-state index is 12.5. The van der Waals surface area contributed by atoms with E-state index in [2.05, 4.69) is 5.32 Å². The lowest BCUT2D eigenvalue weighted by atomic mass is 10.1. The number of carbonyl (C=O) groups excluding carboxylic acids is 2. The minimum atomic E-state index is -0.818. The fourth-order valence-corrected chi connectivity index (χ4v) is 2.73. The van der Waals surface area contributed by atoms with Gasteiger partial charge in [-0.25, -0.2) is 0 Å². The third-order valence-electron chi connectivity index (χ3n) is 4.19. The molecule has 0 heterocycles. The van der Waals surface area contributed by atoms with Crippen molar-refractivity contribution in [1.29, 1.82) is 0 Å². The van der Waals surface area contributed by atoms with Gasteiger partial charge in [0.25, 0.3) is 5.91 Å². The summed E-state index contributed by atoms with van der Waals surface area (Å²) in [4.78, 5) is 25.0. The van der Waals surface area contributed by atoms with Crippen molar-refractivity contribution in [2.24, 2.45) is 0 Å².